The Morgan fingerprint density at radius 1 is 1.15 bits per heavy atom. The highest BCUT2D eigenvalue weighted by molar-refractivity contribution is 5.80. The van der Waals surface area contributed by atoms with Crippen LogP contribution in [0.25, 0.3) is 0 Å². The molecule has 4 rings (SSSR count). The lowest BCUT2D eigenvalue weighted by molar-refractivity contribution is -0.186. The van der Waals surface area contributed by atoms with Crippen LogP contribution < -0.4 is 10.6 Å². The zero-order valence-electron chi connectivity index (χ0n) is 20.4. The normalized spacial score (nSPS) is 41.5. The molecule has 2 saturated heterocycles. The molecule has 2 heterocycles. The topological polar surface area (TPSA) is 61.4 Å². The first-order valence-corrected chi connectivity index (χ1v) is 13.1. The van der Waals surface area contributed by atoms with Crippen molar-refractivity contribution in [2.75, 3.05) is 13.6 Å². The number of amides is 2. The summed E-state index contributed by atoms with van der Waals surface area (Å²) in [5.74, 6) is -1.05. The minimum absolute atomic E-state index is 0.0627. The molecule has 34 heavy (non-hydrogen) atoms. The second kappa shape index (κ2) is 10.2. The van der Waals surface area contributed by atoms with Crippen LogP contribution in [0.4, 0.5) is 13.2 Å². The number of carbonyl (C=O) groups is 2. The van der Waals surface area contributed by atoms with Crippen LogP contribution >= 0.6 is 0 Å². The molecule has 8 heteroatoms. The van der Waals surface area contributed by atoms with Gasteiger partial charge >= 0.3 is 6.18 Å². The highest BCUT2D eigenvalue weighted by Crippen LogP contribution is 2.44. The number of carbonyl (C=O) groups excluding carboxylic acids is 2. The van der Waals surface area contributed by atoms with Crippen LogP contribution in [0.3, 0.4) is 0 Å². The summed E-state index contributed by atoms with van der Waals surface area (Å²) < 4.78 is 39.6. The first-order chi connectivity index (χ1) is 16.1. The van der Waals surface area contributed by atoms with Gasteiger partial charge in [-0.15, -0.1) is 6.58 Å². The first kappa shape index (κ1) is 25.5. The van der Waals surface area contributed by atoms with Gasteiger partial charge in [0.15, 0.2) is 0 Å². The Morgan fingerprint density at radius 3 is 2.62 bits per heavy atom. The van der Waals surface area contributed by atoms with Crippen molar-refractivity contribution in [2.24, 2.45) is 35.5 Å². The van der Waals surface area contributed by atoms with E-state index in [0.717, 1.165) is 38.6 Å². The maximum atomic E-state index is 13.4. The average Bonchev–Trinajstić information content (AvgIpc) is 2.82. The number of halogens is 3. The fourth-order valence-corrected chi connectivity index (χ4v) is 7.17. The van der Waals surface area contributed by atoms with Crippen LogP contribution in [0.2, 0.25) is 0 Å². The number of hydrogen-bond donors (Lipinski definition) is 2. The van der Waals surface area contributed by atoms with Gasteiger partial charge in [0.1, 0.15) is 0 Å². The number of rotatable bonds is 4. The van der Waals surface area contributed by atoms with Crippen LogP contribution in [0.5, 0.6) is 0 Å². The minimum atomic E-state index is -4.23. The highest BCUT2D eigenvalue weighted by atomic mass is 19.4. The third kappa shape index (κ3) is 5.31. The van der Waals surface area contributed by atoms with Crippen molar-refractivity contribution in [3.05, 3.63) is 12.7 Å². The molecule has 4 aliphatic rings. The number of piperidine rings is 2. The molecule has 9 atom stereocenters. The summed E-state index contributed by atoms with van der Waals surface area (Å²) in [7, 11) is 1.92. The predicted molar refractivity (Wildman–Crippen MR) is 125 cm³/mol. The van der Waals surface area contributed by atoms with Gasteiger partial charge in [0, 0.05) is 43.6 Å². The fourth-order valence-electron chi connectivity index (χ4n) is 7.17. The van der Waals surface area contributed by atoms with Crippen LogP contribution in [0.1, 0.15) is 64.7 Å². The van der Waals surface area contributed by atoms with E-state index in [4.69, 9.17) is 0 Å². The van der Waals surface area contributed by atoms with E-state index in [1.165, 1.54) is 0 Å². The van der Waals surface area contributed by atoms with Crippen molar-refractivity contribution in [3.8, 4) is 0 Å². The predicted octanol–water partition coefficient (Wildman–Crippen LogP) is 4.29. The molecule has 192 valence electrons. The van der Waals surface area contributed by atoms with Gasteiger partial charge in [0.25, 0.3) is 0 Å². The Labute approximate surface area is 201 Å². The number of nitrogens with zero attached hydrogens (tertiary/aromatic N) is 1. The Balaban J connectivity index is 1.38. The molecule has 0 aromatic rings. The molecule has 0 aromatic carbocycles. The summed E-state index contributed by atoms with van der Waals surface area (Å²) in [6.45, 7) is 6.96. The average molecular weight is 484 g/mol. The fraction of sp³-hybridized carbons (Fsp3) is 0.846. The smallest absolute Gasteiger partial charge is 0.353 e. The van der Waals surface area contributed by atoms with Gasteiger partial charge in [-0.2, -0.15) is 13.2 Å². The Kier molecular flexibility index (Phi) is 7.65. The van der Waals surface area contributed by atoms with Crippen LogP contribution in [-0.2, 0) is 9.59 Å². The van der Waals surface area contributed by atoms with Crippen LogP contribution in [0, 0.1) is 35.5 Å². The number of alkyl halides is 3. The molecular formula is C26H40F3N3O2. The van der Waals surface area contributed by atoms with E-state index in [2.05, 4.69) is 24.1 Å². The Hall–Kier alpha value is -1.57. The lowest BCUT2D eigenvalue weighted by atomic mass is 9.65. The lowest BCUT2D eigenvalue weighted by Gasteiger charge is -2.50. The Morgan fingerprint density at radius 2 is 1.91 bits per heavy atom. The SMILES string of the molecule is C=CC1CC2C(CN1)CC(C1CC(NC(=O)C3CCCC(C(F)(F)F)C3)CCC1C)C(=O)N2C. The largest absolute Gasteiger partial charge is 0.391 e. The van der Waals surface area contributed by atoms with E-state index >= 15 is 0 Å². The lowest BCUT2D eigenvalue weighted by Crippen LogP contribution is -2.60. The molecule has 2 N–H and O–H groups in total. The molecule has 2 amide bonds. The van der Waals surface area contributed by atoms with Gasteiger partial charge in [-0.3, -0.25) is 9.59 Å². The number of fused-ring (bicyclic) bond motifs is 1. The van der Waals surface area contributed by atoms with Gasteiger partial charge in [-0.1, -0.05) is 19.4 Å². The van der Waals surface area contributed by atoms with E-state index in [1.54, 1.807) is 0 Å². The molecule has 0 spiro atoms. The number of nitrogens with one attached hydrogen (secondary N) is 2. The summed E-state index contributed by atoms with van der Waals surface area (Å²) >= 11 is 0. The molecule has 9 unspecified atom stereocenters. The third-order valence-electron chi connectivity index (χ3n) is 9.31. The second-order valence-corrected chi connectivity index (χ2v) is 11.4. The zero-order valence-corrected chi connectivity index (χ0v) is 20.4. The van der Waals surface area contributed by atoms with Crippen molar-refractivity contribution < 1.29 is 22.8 Å². The molecule has 0 bridgehead atoms. The van der Waals surface area contributed by atoms with Gasteiger partial charge in [-0.05, 0) is 69.1 Å². The quantitative estimate of drug-likeness (QED) is 0.587. The monoisotopic (exact) mass is 483 g/mol. The summed E-state index contributed by atoms with van der Waals surface area (Å²) in [4.78, 5) is 28.3. The maximum Gasteiger partial charge on any atom is 0.391 e. The molecule has 2 aliphatic heterocycles. The van der Waals surface area contributed by atoms with E-state index in [-0.39, 0.29) is 54.6 Å². The maximum absolute atomic E-state index is 13.4. The molecule has 5 nitrogen and oxygen atoms in total. The molecule has 2 aliphatic carbocycles. The van der Waals surface area contributed by atoms with Crippen LogP contribution in [-0.4, -0.2) is 54.6 Å². The van der Waals surface area contributed by atoms with E-state index in [0.29, 0.717) is 24.7 Å². The molecule has 0 aromatic heterocycles. The van der Waals surface area contributed by atoms with Crippen molar-refractivity contribution in [2.45, 2.75) is 89.0 Å². The molecule has 4 fully saturated rings. The minimum Gasteiger partial charge on any atom is -0.353 e. The molecule has 0 radical (unpaired) electrons. The van der Waals surface area contributed by atoms with Gasteiger partial charge in [-0.25, -0.2) is 0 Å². The van der Waals surface area contributed by atoms with Gasteiger partial charge < -0.3 is 15.5 Å². The van der Waals surface area contributed by atoms with Crippen molar-refractivity contribution in [3.63, 3.8) is 0 Å². The Bertz CT molecular complexity index is 773. The summed E-state index contributed by atoms with van der Waals surface area (Å²) in [6.07, 6.45) is 2.90. The van der Waals surface area contributed by atoms with Gasteiger partial charge in [0.2, 0.25) is 11.8 Å². The molecular weight excluding hydrogens is 443 g/mol. The van der Waals surface area contributed by atoms with E-state index in [1.807, 2.05) is 18.0 Å². The van der Waals surface area contributed by atoms with Crippen molar-refractivity contribution in [1.29, 1.82) is 0 Å². The number of likely N-dealkylation sites (tertiary alicyclic amines) is 1. The third-order valence-corrected chi connectivity index (χ3v) is 9.31. The molecule has 2 saturated carbocycles. The summed E-state index contributed by atoms with van der Waals surface area (Å²) in [5.41, 5.74) is 0. The van der Waals surface area contributed by atoms with E-state index < -0.39 is 18.0 Å². The van der Waals surface area contributed by atoms with Gasteiger partial charge in [0.05, 0.1) is 5.92 Å². The van der Waals surface area contributed by atoms with Crippen molar-refractivity contribution >= 4 is 11.8 Å². The van der Waals surface area contributed by atoms with E-state index in [9.17, 15) is 22.8 Å². The standard InChI is InChI=1S/C26H40F3N3O2/c1-4-19-13-23-17(14-30-19)11-22(25(34)32(23)3)21-12-20(9-8-15(21)2)31-24(33)16-6-5-7-18(10-16)26(27,28)29/h4,15-23,30H,1,5-14H2,2-3H3,(H,31,33). The van der Waals surface area contributed by atoms with Crippen molar-refractivity contribution in [1.82, 2.24) is 15.5 Å². The zero-order chi connectivity index (χ0) is 24.6. The number of hydrogen-bond acceptors (Lipinski definition) is 3. The first-order valence-electron chi connectivity index (χ1n) is 13.1. The second-order valence-electron chi connectivity index (χ2n) is 11.4. The summed E-state index contributed by atoms with van der Waals surface area (Å²) in [5, 5.41) is 6.62. The van der Waals surface area contributed by atoms with Crippen LogP contribution in [0.15, 0.2) is 12.7 Å². The highest BCUT2D eigenvalue weighted by Gasteiger charge is 2.48. The summed E-state index contributed by atoms with van der Waals surface area (Å²) in [6, 6.07) is 0.402.